The molecule has 2 heterocycles. The monoisotopic (exact) mass is 531 g/mol. The number of alkyl halides is 3. The molecular weight excluding hydrogens is 517 g/mol. The van der Waals surface area contributed by atoms with Crippen LogP contribution in [-0.4, -0.2) is 35.0 Å². The van der Waals surface area contributed by atoms with Crippen LogP contribution in [0.3, 0.4) is 0 Å². The van der Waals surface area contributed by atoms with Crippen molar-refractivity contribution in [1.29, 1.82) is 0 Å². The Morgan fingerprint density at radius 2 is 2.14 bits per heavy atom. The summed E-state index contributed by atoms with van der Waals surface area (Å²) in [4.78, 5) is 13.4. The average molecular weight is 532 g/mol. The molecule has 1 aliphatic rings. The van der Waals surface area contributed by atoms with Gasteiger partial charge in [0.2, 0.25) is 0 Å². The Balaban J connectivity index is 1.93. The fourth-order valence-electron chi connectivity index (χ4n) is 2.86. The first-order valence-corrected chi connectivity index (χ1v) is 9.80. The molecule has 0 N–H and O–H groups in total. The summed E-state index contributed by atoms with van der Waals surface area (Å²) in [5.74, 6) is -1.70. The largest absolute Gasteiger partial charge is 0.406 e. The van der Waals surface area contributed by atoms with Gasteiger partial charge in [0.25, 0.3) is 5.91 Å². The molecule has 1 unspecified atom stereocenters. The zero-order valence-electron chi connectivity index (χ0n) is 14.3. The van der Waals surface area contributed by atoms with E-state index in [-0.39, 0.29) is 26.1 Å². The van der Waals surface area contributed by atoms with Crippen molar-refractivity contribution in [2.45, 2.75) is 31.7 Å². The highest BCUT2D eigenvalue weighted by atomic mass is 127. The van der Waals surface area contributed by atoms with Crippen molar-refractivity contribution in [2.75, 3.05) is 18.1 Å². The fraction of sp³-hybridized carbons (Fsp3) is 0.412. The number of rotatable bonds is 4. The quantitative estimate of drug-likeness (QED) is 0.310. The third-order valence-electron chi connectivity index (χ3n) is 4.16. The lowest BCUT2D eigenvalue weighted by molar-refractivity contribution is -0.118. The summed E-state index contributed by atoms with van der Waals surface area (Å²) in [6, 6.07) is 1.99. The van der Waals surface area contributed by atoms with Crippen LogP contribution < -0.4 is 4.90 Å². The lowest BCUT2D eigenvalue weighted by atomic mass is 10.2. The predicted octanol–water partition coefficient (Wildman–Crippen LogP) is 5.19. The minimum Gasteiger partial charge on any atom is -0.357 e. The van der Waals surface area contributed by atoms with E-state index in [9.17, 15) is 22.4 Å². The molecule has 1 aliphatic heterocycles. The molecule has 1 aromatic carbocycles. The van der Waals surface area contributed by atoms with Crippen LogP contribution in [0, 0.1) is 9.39 Å². The number of anilines is 1. The number of nitrogens with zero attached hydrogens (tertiary/aromatic N) is 3. The molecule has 1 fully saturated rings. The Morgan fingerprint density at radius 1 is 1.39 bits per heavy atom. The molecule has 2 aromatic rings. The molecule has 1 amide bonds. The fourth-order valence-corrected chi connectivity index (χ4v) is 3.74. The summed E-state index contributed by atoms with van der Waals surface area (Å²) < 4.78 is 60.1. The SMILES string of the molecule is O=C(c1cnn(C2CCCCO2)c1)N(CC(F)(F)F)c1cc(Cl)c(F)cc1I. The average Bonchev–Trinajstić information content (AvgIpc) is 3.12. The highest BCUT2D eigenvalue weighted by Gasteiger charge is 2.36. The van der Waals surface area contributed by atoms with Crippen LogP contribution in [0.25, 0.3) is 0 Å². The van der Waals surface area contributed by atoms with Gasteiger partial charge in [-0.2, -0.15) is 18.3 Å². The maximum atomic E-state index is 13.6. The number of hydrogen-bond donors (Lipinski definition) is 0. The molecular formula is C17H15ClF4IN3O2. The van der Waals surface area contributed by atoms with Gasteiger partial charge in [0.1, 0.15) is 18.6 Å². The van der Waals surface area contributed by atoms with E-state index >= 15 is 0 Å². The van der Waals surface area contributed by atoms with Gasteiger partial charge in [-0.1, -0.05) is 11.6 Å². The molecule has 0 radical (unpaired) electrons. The second-order valence-corrected chi connectivity index (χ2v) is 7.82. The van der Waals surface area contributed by atoms with Crippen LogP contribution in [0.1, 0.15) is 35.8 Å². The van der Waals surface area contributed by atoms with E-state index in [1.54, 1.807) is 22.6 Å². The van der Waals surface area contributed by atoms with Gasteiger partial charge < -0.3 is 4.74 Å². The topological polar surface area (TPSA) is 47.4 Å². The Labute approximate surface area is 176 Å². The number of aromatic nitrogens is 2. The van der Waals surface area contributed by atoms with Crippen molar-refractivity contribution in [3.05, 3.63) is 44.5 Å². The lowest BCUT2D eigenvalue weighted by Gasteiger charge is -2.25. The van der Waals surface area contributed by atoms with Crippen LogP contribution in [0.5, 0.6) is 0 Å². The van der Waals surface area contributed by atoms with Crippen LogP contribution in [0.2, 0.25) is 5.02 Å². The highest BCUT2D eigenvalue weighted by Crippen LogP contribution is 2.32. The molecule has 0 saturated carbocycles. The van der Waals surface area contributed by atoms with Gasteiger partial charge in [-0.05, 0) is 54.0 Å². The van der Waals surface area contributed by atoms with Gasteiger partial charge in [0.15, 0.2) is 0 Å². The number of benzene rings is 1. The van der Waals surface area contributed by atoms with Crippen molar-refractivity contribution < 1.29 is 27.1 Å². The normalized spacial score (nSPS) is 17.6. The van der Waals surface area contributed by atoms with Crippen molar-refractivity contribution in [3.63, 3.8) is 0 Å². The lowest BCUT2D eigenvalue weighted by Crippen LogP contribution is -2.39. The molecule has 1 saturated heterocycles. The second kappa shape index (κ2) is 8.54. The third kappa shape index (κ3) is 4.95. The number of amides is 1. The molecule has 5 nitrogen and oxygen atoms in total. The molecule has 1 atom stereocenters. The minimum atomic E-state index is -4.66. The van der Waals surface area contributed by atoms with Crippen LogP contribution in [-0.2, 0) is 4.74 Å². The molecule has 152 valence electrons. The maximum Gasteiger partial charge on any atom is 0.406 e. The van der Waals surface area contributed by atoms with Gasteiger partial charge in [-0.15, -0.1) is 0 Å². The van der Waals surface area contributed by atoms with Gasteiger partial charge >= 0.3 is 6.18 Å². The number of halogens is 6. The van der Waals surface area contributed by atoms with Crippen molar-refractivity contribution in [2.24, 2.45) is 0 Å². The van der Waals surface area contributed by atoms with E-state index in [1.807, 2.05) is 0 Å². The van der Waals surface area contributed by atoms with E-state index in [1.165, 1.54) is 17.1 Å². The number of ether oxygens (including phenoxy) is 1. The van der Waals surface area contributed by atoms with E-state index in [2.05, 4.69) is 5.10 Å². The van der Waals surface area contributed by atoms with E-state index in [0.29, 0.717) is 17.9 Å². The molecule has 0 spiro atoms. The number of hydrogen-bond acceptors (Lipinski definition) is 3. The van der Waals surface area contributed by atoms with Gasteiger partial charge in [-0.3, -0.25) is 9.69 Å². The Morgan fingerprint density at radius 3 is 2.79 bits per heavy atom. The highest BCUT2D eigenvalue weighted by molar-refractivity contribution is 14.1. The first-order chi connectivity index (χ1) is 13.2. The van der Waals surface area contributed by atoms with Gasteiger partial charge in [-0.25, -0.2) is 9.07 Å². The molecule has 0 bridgehead atoms. The molecule has 3 rings (SSSR count). The van der Waals surface area contributed by atoms with E-state index < -0.39 is 24.4 Å². The molecule has 0 aliphatic carbocycles. The number of carbonyl (C=O) groups excluding carboxylic acids is 1. The summed E-state index contributed by atoms with van der Waals surface area (Å²) in [5, 5.41) is 3.69. The second-order valence-electron chi connectivity index (χ2n) is 6.25. The van der Waals surface area contributed by atoms with Crippen molar-refractivity contribution >= 4 is 45.8 Å². The minimum absolute atomic E-state index is 0.0327. The zero-order valence-corrected chi connectivity index (χ0v) is 17.3. The van der Waals surface area contributed by atoms with Crippen molar-refractivity contribution in [3.8, 4) is 0 Å². The van der Waals surface area contributed by atoms with Crippen LogP contribution in [0.15, 0.2) is 24.5 Å². The first kappa shape index (κ1) is 21.3. The standard InChI is InChI=1S/C17H15ClF4IN3O2/c18-11-5-14(13(23)6-12(11)19)25(9-17(20,21)22)16(27)10-7-24-26(8-10)15-3-1-2-4-28-15/h5-8,15H,1-4,9H2. The van der Waals surface area contributed by atoms with E-state index in [0.717, 1.165) is 25.0 Å². The first-order valence-electron chi connectivity index (χ1n) is 8.34. The van der Waals surface area contributed by atoms with Gasteiger partial charge in [0.05, 0.1) is 22.5 Å². The predicted molar refractivity (Wildman–Crippen MR) is 103 cm³/mol. The molecule has 11 heteroatoms. The summed E-state index contributed by atoms with van der Waals surface area (Å²) >= 11 is 7.39. The van der Waals surface area contributed by atoms with Gasteiger partial charge in [0, 0.05) is 16.4 Å². The third-order valence-corrected chi connectivity index (χ3v) is 5.32. The smallest absolute Gasteiger partial charge is 0.357 e. The Kier molecular flexibility index (Phi) is 6.50. The zero-order chi connectivity index (χ0) is 20.5. The maximum absolute atomic E-state index is 13.6. The summed E-state index contributed by atoms with van der Waals surface area (Å²) in [5.41, 5.74) is -0.161. The summed E-state index contributed by atoms with van der Waals surface area (Å²) in [7, 11) is 0. The van der Waals surface area contributed by atoms with Crippen LogP contribution >= 0.6 is 34.2 Å². The van der Waals surface area contributed by atoms with E-state index in [4.69, 9.17) is 16.3 Å². The van der Waals surface area contributed by atoms with Crippen LogP contribution in [0.4, 0.5) is 23.2 Å². The molecule has 28 heavy (non-hydrogen) atoms. The summed E-state index contributed by atoms with van der Waals surface area (Å²) in [6.07, 6.45) is 0.0930. The Bertz CT molecular complexity index is 869. The summed E-state index contributed by atoms with van der Waals surface area (Å²) in [6.45, 7) is -0.991. The van der Waals surface area contributed by atoms with Crippen molar-refractivity contribution in [1.82, 2.24) is 9.78 Å². The number of carbonyl (C=O) groups is 1. The molecule has 1 aromatic heterocycles. The Hall–Kier alpha value is -1.40.